The average Bonchev–Trinajstić information content (AvgIpc) is 3.65. The first-order valence-corrected chi connectivity index (χ1v) is 13.2. The van der Waals surface area contributed by atoms with Gasteiger partial charge in [0.15, 0.2) is 5.82 Å². The second-order valence-electron chi connectivity index (χ2n) is 8.34. The van der Waals surface area contributed by atoms with E-state index in [2.05, 4.69) is 5.10 Å². The molecule has 9 nitrogen and oxygen atoms in total. The molecule has 0 N–H and O–H groups in total. The van der Waals surface area contributed by atoms with Gasteiger partial charge in [-0.25, -0.2) is 4.79 Å². The Morgan fingerprint density at radius 1 is 1.21 bits per heavy atom. The summed E-state index contributed by atoms with van der Waals surface area (Å²) in [6.45, 7) is 4.12. The molecule has 0 saturated carbocycles. The SMILES string of the molecule is CN(Cc1ccc(Cl)s1)c1nc(C2CCN(C(=O)N3CCOCC3)C2)nn1C(=O)c1cccs1. The summed E-state index contributed by atoms with van der Waals surface area (Å²) in [5.74, 6) is 0.842. The van der Waals surface area contributed by atoms with Gasteiger partial charge in [0.2, 0.25) is 5.95 Å². The summed E-state index contributed by atoms with van der Waals surface area (Å²) in [6, 6.07) is 7.50. The minimum absolute atomic E-state index is 0.0225. The molecule has 3 aromatic heterocycles. The maximum atomic E-state index is 13.2. The van der Waals surface area contributed by atoms with Gasteiger partial charge >= 0.3 is 6.03 Å². The zero-order chi connectivity index (χ0) is 23.7. The van der Waals surface area contributed by atoms with Crippen molar-refractivity contribution in [2.24, 2.45) is 0 Å². The van der Waals surface area contributed by atoms with E-state index < -0.39 is 0 Å². The van der Waals surface area contributed by atoms with E-state index in [1.807, 2.05) is 45.3 Å². The van der Waals surface area contributed by atoms with E-state index in [4.69, 9.17) is 21.3 Å². The Bertz CT molecular complexity index is 1160. The van der Waals surface area contributed by atoms with E-state index in [1.54, 1.807) is 6.07 Å². The molecule has 2 amide bonds. The Balaban J connectivity index is 1.37. The molecule has 0 aliphatic carbocycles. The molecule has 2 aliphatic rings. The summed E-state index contributed by atoms with van der Waals surface area (Å²) in [6.07, 6.45) is 0.761. The Morgan fingerprint density at radius 2 is 2.03 bits per heavy atom. The van der Waals surface area contributed by atoms with Gasteiger partial charge in [0.1, 0.15) is 0 Å². The lowest BCUT2D eigenvalue weighted by atomic mass is 10.1. The highest BCUT2D eigenvalue weighted by molar-refractivity contribution is 7.16. The van der Waals surface area contributed by atoms with E-state index in [1.165, 1.54) is 27.4 Å². The predicted molar refractivity (Wildman–Crippen MR) is 132 cm³/mol. The van der Waals surface area contributed by atoms with Crippen molar-refractivity contribution in [1.29, 1.82) is 0 Å². The molecule has 1 unspecified atom stereocenters. The topological polar surface area (TPSA) is 83.8 Å². The first kappa shape index (κ1) is 23.3. The van der Waals surface area contributed by atoms with E-state index in [0.29, 0.717) is 62.6 Å². The average molecular weight is 521 g/mol. The number of rotatable bonds is 5. The van der Waals surface area contributed by atoms with E-state index in [-0.39, 0.29) is 17.9 Å². The number of hydrogen-bond acceptors (Lipinski definition) is 8. The molecule has 3 aromatic rings. The van der Waals surface area contributed by atoms with Gasteiger partial charge in [-0.3, -0.25) is 4.79 Å². The lowest BCUT2D eigenvalue weighted by molar-refractivity contribution is 0.0450. The Labute approximate surface area is 210 Å². The molecule has 0 bridgehead atoms. The molecular formula is C22H25ClN6O3S2. The zero-order valence-corrected chi connectivity index (χ0v) is 21.1. The smallest absolute Gasteiger partial charge is 0.320 e. The van der Waals surface area contributed by atoms with Crippen molar-refractivity contribution in [1.82, 2.24) is 24.6 Å². The summed E-state index contributed by atoms with van der Waals surface area (Å²) in [5.41, 5.74) is 0. The molecule has 5 heterocycles. The van der Waals surface area contributed by atoms with Crippen LogP contribution in [0, 0.1) is 0 Å². The van der Waals surface area contributed by atoms with Gasteiger partial charge in [-0.15, -0.1) is 27.8 Å². The summed E-state index contributed by atoms with van der Waals surface area (Å²) < 4.78 is 7.47. The number of halogens is 1. The lowest BCUT2D eigenvalue weighted by Gasteiger charge is -2.30. The Hall–Kier alpha value is -2.47. The van der Waals surface area contributed by atoms with E-state index >= 15 is 0 Å². The van der Waals surface area contributed by atoms with Gasteiger partial charge < -0.3 is 19.4 Å². The number of nitrogens with zero attached hydrogens (tertiary/aromatic N) is 6. The van der Waals surface area contributed by atoms with E-state index in [0.717, 1.165) is 15.6 Å². The van der Waals surface area contributed by atoms with Crippen molar-refractivity contribution in [2.45, 2.75) is 18.9 Å². The highest BCUT2D eigenvalue weighted by Crippen LogP contribution is 2.29. The fourth-order valence-corrected chi connectivity index (χ4v) is 6.01. The number of likely N-dealkylation sites (tertiary alicyclic amines) is 1. The van der Waals surface area contributed by atoms with Crippen LogP contribution < -0.4 is 4.90 Å². The molecule has 2 saturated heterocycles. The van der Waals surface area contributed by atoms with Gasteiger partial charge in [-0.1, -0.05) is 17.7 Å². The number of ether oxygens (including phenoxy) is 1. The van der Waals surface area contributed by atoms with Gasteiger partial charge in [-0.2, -0.15) is 9.67 Å². The number of carbonyl (C=O) groups excluding carboxylic acids is 2. The minimum atomic E-state index is -0.209. The van der Waals surface area contributed by atoms with Crippen LogP contribution in [0.1, 0.15) is 32.7 Å². The number of amides is 2. The molecular weight excluding hydrogens is 496 g/mol. The number of morpholine rings is 1. The summed E-state index contributed by atoms with van der Waals surface area (Å²) in [7, 11) is 1.89. The molecule has 180 valence electrons. The molecule has 2 fully saturated rings. The van der Waals surface area contributed by atoms with E-state index in [9.17, 15) is 9.59 Å². The largest absolute Gasteiger partial charge is 0.378 e. The zero-order valence-electron chi connectivity index (χ0n) is 18.7. The molecule has 0 spiro atoms. The lowest BCUT2D eigenvalue weighted by Crippen LogP contribution is -2.47. The fraction of sp³-hybridized carbons (Fsp3) is 0.455. The van der Waals surface area contributed by atoms with Crippen LogP contribution in [0.3, 0.4) is 0 Å². The monoisotopic (exact) mass is 520 g/mol. The standard InChI is InChI=1S/C22H25ClN6O3S2/c1-26(14-16-4-5-18(23)34-16)21-24-19(25-29(21)20(30)17-3-2-12-33-17)15-6-7-28(13-15)22(31)27-8-10-32-11-9-27/h2-5,12,15H,6-11,13-14H2,1H3. The van der Waals surface area contributed by atoms with Crippen molar-refractivity contribution >= 4 is 52.2 Å². The van der Waals surface area contributed by atoms with Crippen LogP contribution in [0.15, 0.2) is 29.6 Å². The second-order valence-corrected chi connectivity index (χ2v) is 11.1. The van der Waals surface area contributed by atoms with Crippen molar-refractivity contribution in [3.8, 4) is 0 Å². The van der Waals surface area contributed by atoms with Gasteiger partial charge in [0.25, 0.3) is 5.91 Å². The highest BCUT2D eigenvalue weighted by atomic mass is 35.5. The first-order chi connectivity index (χ1) is 16.5. The number of thiophene rings is 2. The molecule has 12 heteroatoms. The fourth-order valence-electron chi connectivity index (χ4n) is 4.22. The van der Waals surface area contributed by atoms with Crippen LogP contribution >= 0.6 is 34.3 Å². The molecule has 0 aromatic carbocycles. The Kier molecular flexibility index (Phi) is 6.87. The third kappa shape index (κ3) is 4.83. The quantitative estimate of drug-likeness (QED) is 0.511. The predicted octanol–water partition coefficient (Wildman–Crippen LogP) is 3.62. The molecule has 5 rings (SSSR count). The van der Waals surface area contributed by atoms with Gasteiger partial charge in [-0.05, 0) is 30.0 Å². The van der Waals surface area contributed by atoms with Crippen LogP contribution in [0.5, 0.6) is 0 Å². The van der Waals surface area contributed by atoms with Gasteiger partial charge in [0, 0.05) is 44.0 Å². The normalized spacial score (nSPS) is 18.5. The molecule has 0 radical (unpaired) electrons. The highest BCUT2D eigenvalue weighted by Gasteiger charge is 2.34. The maximum Gasteiger partial charge on any atom is 0.320 e. The van der Waals surface area contributed by atoms with Crippen LogP contribution in [0.2, 0.25) is 4.34 Å². The summed E-state index contributed by atoms with van der Waals surface area (Å²) in [5, 5.41) is 6.52. The number of hydrogen-bond donors (Lipinski definition) is 0. The van der Waals surface area contributed by atoms with Crippen molar-refractivity contribution in [3.63, 3.8) is 0 Å². The van der Waals surface area contributed by atoms with Crippen molar-refractivity contribution in [3.05, 3.63) is 49.6 Å². The summed E-state index contributed by atoms with van der Waals surface area (Å²) in [4.78, 5) is 38.2. The number of aromatic nitrogens is 3. The number of carbonyl (C=O) groups is 2. The summed E-state index contributed by atoms with van der Waals surface area (Å²) >= 11 is 8.97. The Morgan fingerprint density at radius 3 is 2.74 bits per heavy atom. The van der Waals surface area contributed by atoms with Crippen LogP contribution in [-0.4, -0.2) is 82.9 Å². The molecule has 1 atom stereocenters. The van der Waals surface area contributed by atoms with Crippen LogP contribution in [0.4, 0.5) is 10.7 Å². The molecule has 34 heavy (non-hydrogen) atoms. The first-order valence-electron chi connectivity index (χ1n) is 11.1. The van der Waals surface area contributed by atoms with Crippen LogP contribution in [0.25, 0.3) is 0 Å². The van der Waals surface area contributed by atoms with Crippen LogP contribution in [-0.2, 0) is 11.3 Å². The number of anilines is 1. The van der Waals surface area contributed by atoms with Gasteiger partial charge in [0.05, 0.1) is 29.0 Å². The second kappa shape index (κ2) is 10.0. The third-order valence-corrected chi connectivity index (χ3v) is 8.07. The maximum absolute atomic E-state index is 13.2. The number of urea groups is 1. The van der Waals surface area contributed by atoms with Crippen molar-refractivity contribution in [2.75, 3.05) is 51.3 Å². The third-order valence-electron chi connectivity index (χ3n) is 6.00. The minimum Gasteiger partial charge on any atom is -0.378 e. The molecule has 2 aliphatic heterocycles. The van der Waals surface area contributed by atoms with Crippen molar-refractivity contribution < 1.29 is 14.3 Å².